The average Bonchev–Trinajstić information content (AvgIpc) is 2.64. The van der Waals surface area contributed by atoms with Crippen LogP contribution in [0.2, 0.25) is 0 Å². The molecule has 1 saturated carbocycles. The lowest BCUT2D eigenvalue weighted by atomic mass is 9.93. The Labute approximate surface area is 157 Å². The molecule has 2 fully saturated rings. The van der Waals surface area contributed by atoms with E-state index in [9.17, 15) is 14.4 Å². The molecule has 9 nitrogen and oxygen atoms in total. The van der Waals surface area contributed by atoms with Crippen LogP contribution in [0.3, 0.4) is 0 Å². The molecule has 1 heterocycles. The van der Waals surface area contributed by atoms with E-state index >= 15 is 0 Å². The van der Waals surface area contributed by atoms with Gasteiger partial charge in [0.25, 0.3) is 5.91 Å². The predicted octanol–water partition coefficient (Wildman–Crippen LogP) is 0.167. The minimum Gasteiger partial charge on any atom is -0.370 e. The van der Waals surface area contributed by atoms with Crippen LogP contribution in [-0.4, -0.2) is 56.2 Å². The first-order valence-electron chi connectivity index (χ1n) is 9.13. The molecule has 1 aromatic carbocycles. The van der Waals surface area contributed by atoms with Gasteiger partial charge in [0.1, 0.15) is 12.6 Å². The first kappa shape index (κ1) is 19.1. The third kappa shape index (κ3) is 4.95. The number of nitrogens with two attached hydrogens (primary N) is 1. The molecule has 1 aliphatic heterocycles. The molecule has 0 radical (unpaired) electrons. The quantitative estimate of drug-likeness (QED) is 0.564. The molecule has 4 amide bonds. The van der Waals surface area contributed by atoms with Crippen molar-refractivity contribution >= 4 is 29.2 Å². The molecule has 0 bridgehead atoms. The molecular formula is C18H25N5O4. The third-order valence-corrected chi connectivity index (χ3v) is 4.73. The van der Waals surface area contributed by atoms with E-state index in [0.29, 0.717) is 18.8 Å². The van der Waals surface area contributed by atoms with Gasteiger partial charge in [-0.3, -0.25) is 9.59 Å². The van der Waals surface area contributed by atoms with Gasteiger partial charge in [-0.2, -0.15) is 0 Å². The minimum absolute atomic E-state index is 0.00964. The van der Waals surface area contributed by atoms with Crippen LogP contribution < -0.4 is 26.6 Å². The molecule has 27 heavy (non-hydrogen) atoms. The fraction of sp³-hybridized carbons (Fsp3) is 0.500. The summed E-state index contributed by atoms with van der Waals surface area (Å²) in [4.78, 5) is 37.8. The topological polar surface area (TPSA) is 126 Å². The van der Waals surface area contributed by atoms with Crippen LogP contribution >= 0.6 is 0 Å². The van der Waals surface area contributed by atoms with E-state index in [1.807, 2.05) is 0 Å². The number of carbonyl (C=O) groups is 3. The zero-order valence-corrected chi connectivity index (χ0v) is 15.1. The molecule has 1 saturated heterocycles. The van der Waals surface area contributed by atoms with E-state index in [4.69, 9.17) is 10.5 Å². The summed E-state index contributed by atoms with van der Waals surface area (Å²) in [5.74, 6) is -0.487. The maximum Gasteiger partial charge on any atom is 0.315 e. The Hall–Kier alpha value is -2.65. The lowest BCUT2D eigenvalue weighted by molar-refractivity contribution is -0.125. The second kappa shape index (κ2) is 8.83. The molecule has 0 spiro atoms. The van der Waals surface area contributed by atoms with Crippen molar-refractivity contribution in [1.29, 1.82) is 0 Å². The summed E-state index contributed by atoms with van der Waals surface area (Å²) in [6.45, 7) is 1.06. The molecule has 2 aliphatic rings. The number of anilines is 2. The second-order valence-electron chi connectivity index (χ2n) is 6.67. The number of urea groups is 1. The van der Waals surface area contributed by atoms with Gasteiger partial charge in [-0.05, 0) is 43.5 Å². The number of hydrogen-bond acceptors (Lipinski definition) is 5. The van der Waals surface area contributed by atoms with Gasteiger partial charge in [0.05, 0.1) is 6.61 Å². The van der Waals surface area contributed by atoms with Crippen molar-refractivity contribution in [3.8, 4) is 0 Å². The highest BCUT2D eigenvalue weighted by Crippen LogP contribution is 2.20. The normalized spacial score (nSPS) is 18.4. The van der Waals surface area contributed by atoms with Crippen LogP contribution in [-0.2, 0) is 14.3 Å². The Bertz CT molecular complexity index is 689. The van der Waals surface area contributed by atoms with Crippen molar-refractivity contribution in [2.24, 2.45) is 5.73 Å². The molecule has 1 aromatic rings. The van der Waals surface area contributed by atoms with Crippen molar-refractivity contribution in [2.45, 2.75) is 31.3 Å². The molecular weight excluding hydrogens is 350 g/mol. The zero-order chi connectivity index (χ0) is 19.2. The van der Waals surface area contributed by atoms with E-state index in [1.54, 1.807) is 29.2 Å². The van der Waals surface area contributed by atoms with E-state index in [1.165, 1.54) is 0 Å². The maximum atomic E-state index is 12.4. The lowest BCUT2D eigenvalue weighted by Gasteiger charge is -2.27. The molecule has 9 heteroatoms. The standard InChI is InChI=1S/C18H25N5O4/c19-10-15(22-18(26)21-12-2-1-3-12)17(25)20-13-4-6-14(7-5-13)23-8-9-27-11-16(23)24/h4-7,12,15H,1-3,8-11,19H2,(H,20,25)(H2,21,22,26)/t15-/m0/s1. The summed E-state index contributed by atoms with van der Waals surface area (Å²) < 4.78 is 5.12. The van der Waals surface area contributed by atoms with Crippen molar-refractivity contribution in [3.63, 3.8) is 0 Å². The van der Waals surface area contributed by atoms with E-state index < -0.39 is 11.9 Å². The Balaban J connectivity index is 1.53. The van der Waals surface area contributed by atoms with Crippen molar-refractivity contribution in [2.75, 3.05) is 36.5 Å². The van der Waals surface area contributed by atoms with Gasteiger partial charge in [0.2, 0.25) is 5.91 Å². The van der Waals surface area contributed by atoms with Gasteiger partial charge in [0.15, 0.2) is 0 Å². The SMILES string of the molecule is NC[C@H](NC(=O)NC1CCC1)C(=O)Nc1ccc(N2CCOCC2=O)cc1. The van der Waals surface area contributed by atoms with E-state index in [-0.39, 0.29) is 31.1 Å². The summed E-state index contributed by atoms with van der Waals surface area (Å²) in [5.41, 5.74) is 6.93. The first-order valence-corrected chi connectivity index (χ1v) is 9.13. The highest BCUT2D eigenvalue weighted by Gasteiger charge is 2.24. The van der Waals surface area contributed by atoms with Crippen LogP contribution in [0.25, 0.3) is 0 Å². The van der Waals surface area contributed by atoms with Crippen molar-refractivity contribution in [1.82, 2.24) is 10.6 Å². The fourth-order valence-corrected chi connectivity index (χ4v) is 2.91. The summed E-state index contributed by atoms with van der Waals surface area (Å²) in [5, 5.41) is 8.15. The zero-order valence-electron chi connectivity index (χ0n) is 15.1. The highest BCUT2D eigenvalue weighted by atomic mass is 16.5. The van der Waals surface area contributed by atoms with Crippen LogP contribution in [0.1, 0.15) is 19.3 Å². The molecule has 1 atom stereocenters. The number of morpholine rings is 1. The monoisotopic (exact) mass is 375 g/mol. The van der Waals surface area contributed by atoms with E-state index in [2.05, 4.69) is 16.0 Å². The lowest BCUT2D eigenvalue weighted by Crippen LogP contribution is -2.54. The molecule has 3 rings (SSSR count). The van der Waals surface area contributed by atoms with Crippen LogP contribution in [0.5, 0.6) is 0 Å². The minimum atomic E-state index is -0.828. The highest BCUT2D eigenvalue weighted by molar-refractivity contribution is 5.98. The summed E-state index contributed by atoms with van der Waals surface area (Å²) in [7, 11) is 0. The molecule has 0 aromatic heterocycles. The fourth-order valence-electron chi connectivity index (χ4n) is 2.91. The number of ether oxygens (including phenoxy) is 1. The summed E-state index contributed by atoms with van der Waals surface area (Å²) >= 11 is 0. The Morgan fingerprint density at radius 2 is 2.00 bits per heavy atom. The maximum absolute atomic E-state index is 12.4. The van der Waals surface area contributed by atoms with Crippen LogP contribution in [0.4, 0.5) is 16.2 Å². The molecule has 1 aliphatic carbocycles. The number of hydrogen-bond donors (Lipinski definition) is 4. The van der Waals surface area contributed by atoms with Crippen LogP contribution in [0.15, 0.2) is 24.3 Å². The molecule has 5 N–H and O–H groups in total. The summed E-state index contributed by atoms with van der Waals surface area (Å²) in [6.07, 6.45) is 3.04. The van der Waals surface area contributed by atoms with E-state index in [0.717, 1.165) is 24.9 Å². The van der Waals surface area contributed by atoms with Gasteiger partial charge in [-0.25, -0.2) is 4.79 Å². The number of amides is 4. The van der Waals surface area contributed by atoms with Crippen molar-refractivity contribution < 1.29 is 19.1 Å². The van der Waals surface area contributed by atoms with Gasteiger partial charge >= 0.3 is 6.03 Å². The number of carbonyl (C=O) groups excluding carboxylic acids is 3. The number of nitrogens with one attached hydrogen (secondary N) is 3. The Kier molecular flexibility index (Phi) is 6.25. The van der Waals surface area contributed by atoms with Crippen LogP contribution in [0, 0.1) is 0 Å². The molecule has 146 valence electrons. The van der Waals surface area contributed by atoms with Gasteiger partial charge < -0.3 is 31.3 Å². The van der Waals surface area contributed by atoms with Crippen molar-refractivity contribution in [3.05, 3.63) is 24.3 Å². The first-order chi connectivity index (χ1) is 13.1. The average molecular weight is 375 g/mol. The molecule has 0 unspecified atom stereocenters. The predicted molar refractivity (Wildman–Crippen MR) is 100 cm³/mol. The number of nitrogens with zero attached hydrogens (tertiary/aromatic N) is 1. The van der Waals surface area contributed by atoms with Gasteiger partial charge in [-0.15, -0.1) is 0 Å². The smallest absolute Gasteiger partial charge is 0.315 e. The Morgan fingerprint density at radius 3 is 2.59 bits per heavy atom. The Morgan fingerprint density at radius 1 is 1.26 bits per heavy atom. The third-order valence-electron chi connectivity index (χ3n) is 4.73. The summed E-state index contributed by atoms with van der Waals surface area (Å²) in [6, 6.07) is 5.90. The second-order valence-corrected chi connectivity index (χ2v) is 6.67. The van der Waals surface area contributed by atoms with Gasteiger partial charge in [-0.1, -0.05) is 0 Å². The van der Waals surface area contributed by atoms with Gasteiger partial charge in [0, 0.05) is 30.5 Å². The number of benzene rings is 1. The number of rotatable bonds is 6. The largest absolute Gasteiger partial charge is 0.370 e.